The zero-order valence-corrected chi connectivity index (χ0v) is 10.4. The van der Waals surface area contributed by atoms with Crippen molar-refractivity contribution in [3.63, 3.8) is 0 Å². The van der Waals surface area contributed by atoms with Crippen LogP contribution in [0.1, 0.15) is 22.4 Å². The fraction of sp³-hybridized carbons (Fsp3) is 0.667. The molecule has 1 atom stereocenters. The van der Waals surface area contributed by atoms with Gasteiger partial charge in [0.05, 0.1) is 0 Å². The fourth-order valence-electron chi connectivity index (χ4n) is 2.16. The predicted octanol–water partition coefficient (Wildman–Crippen LogP) is 1.67. The number of rotatable bonds is 3. The summed E-state index contributed by atoms with van der Waals surface area (Å²) in [6.07, 6.45) is 4.65. The summed E-state index contributed by atoms with van der Waals surface area (Å²) < 4.78 is 0. The molecule has 2 nitrogen and oxygen atoms in total. The van der Waals surface area contributed by atoms with Crippen molar-refractivity contribution < 1.29 is 0 Å². The van der Waals surface area contributed by atoms with E-state index in [4.69, 9.17) is 5.73 Å². The Kier molecular flexibility index (Phi) is 3.44. The Morgan fingerprint density at radius 3 is 3.07 bits per heavy atom. The molecule has 1 unspecified atom stereocenters. The Labute approximate surface area is 96.1 Å². The molecule has 1 aliphatic rings. The first-order valence-corrected chi connectivity index (χ1v) is 6.53. The topological polar surface area (TPSA) is 29.3 Å². The summed E-state index contributed by atoms with van der Waals surface area (Å²) in [6, 6.07) is 0.401. The number of thiophene rings is 1. The van der Waals surface area contributed by atoms with E-state index in [0.717, 1.165) is 13.0 Å². The number of hydrogen-bond donors (Lipinski definition) is 1. The van der Waals surface area contributed by atoms with E-state index in [9.17, 15) is 0 Å². The minimum absolute atomic E-state index is 0.401. The maximum Gasteiger partial charge on any atom is 0.00954 e. The van der Waals surface area contributed by atoms with E-state index >= 15 is 0 Å². The van der Waals surface area contributed by atoms with Crippen molar-refractivity contribution in [2.75, 3.05) is 20.6 Å². The highest BCUT2D eigenvalue weighted by Gasteiger charge is 2.19. The average Bonchev–Trinajstić information content (AvgIpc) is 2.57. The SMILES string of the molecule is CN(C)CCc1csc2c1CCC(N)C2. The molecule has 0 spiro atoms. The third kappa shape index (κ3) is 2.60. The average molecular weight is 224 g/mol. The first kappa shape index (κ1) is 11.1. The van der Waals surface area contributed by atoms with Gasteiger partial charge in [-0.3, -0.25) is 0 Å². The van der Waals surface area contributed by atoms with Crippen LogP contribution in [0.4, 0.5) is 0 Å². The molecule has 84 valence electrons. The van der Waals surface area contributed by atoms with E-state index in [1.807, 2.05) is 11.3 Å². The molecular formula is C12H20N2S. The number of nitrogens with zero attached hydrogens (tertiary/aromatic N) is 1. The maximum atomic E-state index is 5.98. The highest BCUT2D eigenvalue weighted by atomic mass is 32.1. The smallest absolute Gasteiger partial charge is 0.00954 e. The standard InChI is InChI=1S/C12H20N2S/c1-14(2)6-5-9-8-15-12-7-10(13)3-4-11(9)12/h8,10H,3-7,13H2,1-2H3. The summed E-state index contributed by atoms with van der Waals surface area (Å²) in [4.78, 5) is 3.79. The van der Waals surface area contributed by atoms with Crippen LogP contribution in [0.15, 0.2) is 5.38 Å². The van der Waals surface area contributed by atoms with Gasteiger partial charge < -0.3 is 10.6 Å². The van der Waals surface area contributed by atoms with Gasteiger partial charge in [0.15, 0.2) is 0 Å². The van der Waals surface area contributed by atoms with Gasteiger partial charge in [0.2, 0.25) is 0 Å². The second-order valence-electron chi connectivity index (χ2n) is 4.72. The van der Waals surface area contributed by atoms with Gasteiger partial charge in [-0.25, -0.2) is 0 Å². The van der Waals surface area contributed by atoms with Gasteiger partial charge in [0.25, 0.3) is 0 Å². The monoisotopic (exact) mass is 224 g/mol. The Balaban J connectivity index is 2.07. The summed E-state index contributed by atoms with van der Waals surface area (Å²) in [5, 5.41) is 2.34. The van der Waals surface area contributed by atoms with Crippen LogP contribution in [0, 0.1) is 0 Å². The predicted molar refractivity (Wildman–Crippen MR) is 66.6 cm³/mol. The van der Waals surface area contributed by atoms with Gasteiger partial charge in [-0.15, -0.1) is 11.3 Å². The molecule has 1 aromatic heterocycles. The summed E-state index contributed by atoms with van der Waals surface area (Å²) in [5.41, 5.74) is 9.16. The van der Waals surface area contributed by atoms with E-state index in [1.54, 1.807) is 16.0 Å². The van der Waals surface area contributed by atoms with Crippen molar-refractivity contribution in [1.82, 2.24) is 4.90 Å². The summed E-state index contributed by atoms with van der Waals surface area (Å²) >= 11 is 1.91. The van der Waals surface area contributed by atoms with Crippen molar-refractivity contribution >= 4 is 11.3 Å². The summed E-state index contributed by atoms with van der Waals surface area (Å²) in [7, 11) is 4.27. The van der Waals surface area contributed by atoms with Gasteiger partial charge >= 0.3 is 0 Å². The zero-order valence-electron chi connectivity index (χ0n) is 9.62. The zero-order chi connectivity index (χ0) is 10.8. The first-order valence-electron chi connectivity index (χ1n) is 5.65. The normalized spacial score (nSPS) is 20.7. The molecule has 0 saturated carbocycles. The van der Waals surface area contributed by atoms with E-state index in [1.165, 1.54) is 19.3 Å². The first-order chi connectivity index (χ1) is 7.16. The van der Waals surface area contributed by atoms with Crippen LogP contribution in [0.2, 0.25) is 0 Å². The van der Waals surface area contributed by atoms with Crippen molar-refractivity contribution in [2.24, 2.45) is 5.73 Å². The Hall–Kier alpha value is -0.380. The van der Waals surface area contributed by atoms with E-state index in [-0.39, 0.29) is 0 Å². The van der Waals surface area contributed by atoms with Crippen molar-refractivity contribution in [3.05, 3.63) is 21.4 Å². The van der Waals surface area contributed by atoms with Crippen LogP contribution in [-0.2, 0) is 19.3 Å². The summed E-state index contributed by atoms with van der Waals surface area (Å²) in [5.74, 6) is 0. The number of likely N-dealkylation sites (N-methyl/N-ethyl adjacent to an activating group) is 1. The highest BCUT2D eigenvalue weighted by molar-refractivity contribution is 7.10. The highest BCUT2D eigenvalue weighted by Crippen LogP contribution is 2.30. The van der Waals surface area contributed by atoms with E-state index in [2.05, 4.69) is 24.4 Å². The van der Waals surface area contributed by atoms with Crippen LogP contribution in [-0.4, -0.2) is 31.6 Å². The minimum atomic E-state index is 0.401. The van der Waals surface area contributed by atoms with Gasteiger partial charge in [-0.05, 0) is 56.3 Å². The van der Waals surface area contributed by atoms with Crippen LogP contribution in [0.3, 0.4) is 0 Å². The molecule has 3 heteroatoms. The van der Waals surface area contributed by atoms with Crippen molar-refractivity contribution in [3.8, 4) is 0 Å². The van der Waals surface area contributed by atoms with Crippen molar-refractivity contribution in [1.29, 1.82) is 0 Å². The molecule has 1 aromatic rings. The largest absolute Gasteiger partial charge is 0.327 e. The maximum absolute atomic E-state index is 5.98. The van der Waals surface area contributed by atoms with Crippen LogP contribution >= 0.6 is 11.3 Å². The lowest BCUT2D eigenvalue weighted by atomic mass is 9.92. The van der Waals surface area contributed by atoms with Crippen molar-refractivity contribution in [2.45, 2.75) is 31.7 Å². The molecule has 0 amide bonds. The molecule has 0 fully saturated rings. The lowest BCUT2D eigenvalue weighted by Crippen LogP contribution is -2.27. The Bertz CT molecular complexity index is 330. The second-order valence-corrected chi connectivity index (χ2v) is 5.68. The molecule has 0 radical (unpaired) electrons. The third-order valence-corrected chi connectivity index (χ3v) is 4.21. The molecular weight excluding hydrogens is 204 g/mol. The lowest BCUT2D eigenvalue weighted by molar-refractivity contribution is 0.413. The Morgan fingerprint density at radius 1 is 1.53 bits per heavy atom. The second kappa shape index (κ2) is 4.64. The van der Waals surface area contributed by atoms with Crippen LogP contribution in [0.25, 0.3) is 0 Å². The minimum Gasteiger partial charge on any atom is -0.327 e. The quantitative estimate of drug-likeness (QED) is 0.846. The molecule has 1 aliphatic carbocycles. The van der Waals surface area contributed by atoms with E-state index < -0.39 is 0 Å². The molecule has 1 heterocycles. The molecule has 0 bridgehead atoms. The van der Waals surface area contributed by atoms with Gasteiger partial charge in [-0.2, -0.15) is 0 Å². The number of fused-ring (bicyclic) bond motifs is 1. The molecule has 0 aliphatic heterocycles. The Morgan fingerprint density at radius 2 is 2.33 bits per heavy atom. The molecule has 2 rings (SSSR count). The summed E-state index contributed by atoms with van der Waals surface area (Å²) in [6.45, 7) is 1.15. The van der Waals surface area contributed by atoms with Gasteiger partial charge in [0, 0.05) is 17.5 Å². The molecule has 0 aromatic carbocycles. The van der Waals surface area contributed by atoms with Crippen LogP contribution in [0.5, 0.6) is 0 Å². The number of nitrogens with two attached hydrogens (primary N) is 1. The lowest BCUT2D eigenvalue weighted by Gasteiger charge is -2.19. The third-order valence-electron chi connectivity index (χ3n) is 3.11. The number of hydrogen-bond acceptors (Lipinski definition) is 3. The molecule has 15 heavy (non-hydrogen) atoms. The van der Waals surface area contributed by atoms with Gasteiger partial charge in [0.1, 0.15) is 0 Å². The molecule has 0 saturated heterocycles. The van der Waals surface area contributed by atoms with Crippen LogP contribution < -0.4 is 5.73 Å². The van der Waals surface area contributed by atoms with E-state index in [0.29, 0.717) is 6.04 Å². The molecule has 2 N–H and O–H groups in total. The van der Waals surface area contributed by atoms with Gasteiger partial charge in [-0.1, -0.05) is 0 Å². The fourth-order valence-corrected chi connectivity index (χ4v) is 3.39.